The first-order valence-corrected chi connectivity index (χ1v) is 8.30. The van der Waals surface area contributed by atoms with E-state index in [4.69, 9.17) is 0 Å². The second kappa shape index (κ2) is 8.59. The predicted octanol–water partition coefficient (Wildman–Crippen LogP) is 3.65. The zero-order valence-electron chi connectivity index (χ0n) is 13.3. The van der Waals surface area contributed by atoms with Crippen LogP contribution in [0.5, 0.6) is 0 Å². The number of carbonyl (C=O) groups excluding carboxylic acids is 2. The predicted molar refractivity (Wildman–Crippen MR) is 95.0 cm³/mol. The second-order valence-corrected chi connectivity index (χ2v) is 6.22. The van der Waals surface area contributed by atoms with Crippen molar-refractivity contribution < 1.29 is 14.0 Å². The van der Waals surface area contributed by atoms with E-state index in [9.17, 15) is 14.0 Å². The third-order valence-corrected chi connectivity index (χ3v) is 3.96. The summed E-state index contributed by atoms with van der Waals surface area (Å²) in [6.07, 6.45) is 0.188. The normalized spacial score (nSPS) is 10.3. The lowest BCUT2D eigenvalue weighted by Crippen LogP contribution is -2.33. The van der Waals surface area contributed by atoms with Gasteiger partial charge in [0.05, 0.1) is 0 Å². The zero-order valence-corrected chi connectivity index (χ0v) is 14.8. The van der Waals surface area contributed by atoms with E-state index in [1.54, 1.807) is 17.0 Å². The molecule has 6 heteroatoms. The molecule has 126 valence electrons. The number of hydrogen-bond acceptors (Lipinski definition) is 2. The molecule has 1 N–H and O–H groups in total. The number of carbonyl (C=O) groups is 2. The van der Waals surface area contributed by atoms with Gasteiger partial charge < -0.3 is 10.2 Å². The van der Waals surface area contributed by atoms with E-state index >= 15 is 0 Å². The van der Waals surface area contributed by atoms with Crippen molar-refractivity contribution in [1.82, 2.24) is 5.32 Å². The molecule has 0 unspecified atom stereocenters. The van der Waals surface area contributed by atoms with Crippen LogP contribution in [0.25, 0.3) is 0 Å². The highest BCUT2D eigenvalue weighted by Gasteiger charge is 2.13. The molecule has 0 aliphatic carbocycles. The molecular formula is C18H18BrFN2O2. The van der Waals surface area contributed by atoms with Crippen molar-refractivity contribution in [3.8, 4) is 0 Å². The lowest BCUT2D eigenvalue weighted by molar-refractivity contribution is -0.121. The number of halogens is 2. The molecule has 0 fully saturated rings. The summed E-state index contributed by atoms with van der Waals surface area (Å²) in [6.45, 7) is 2.09. The van der Waals surface area contributed by atoms with Gasteiger partial charge in [-0.2, -0.15) is 0 Å². The number of nitrogens with zero attached hydrogens (tertiary/aromatic N) is 1. The van der Waals surface area contributed by atoms with Crippen molar-refractivity contribution in [3.63, 3.8) is 0 Å². The van der Waals surface area contributed by atoms with Gasteiger partial charge in [-0.05, 0) is 35.9 Å². The number of amides is 2. The number of anilines is 1. The van der Waals surface area contributed by atoms with Crippen LogP contribution in [0.2, 0.25) is 0 Å². The fourth-order valence-electron chi connectivity index (χ4n) is 2.22. The Balaban J connectivity index is 1.88. The van der Waals surface area contributed by atoms with Gasteiger partial charge in [-0.3, -0.25) is 9.59 Å². The Morgan fingerprint density at radius 1 is 1.17 bits per heavy atom. The molecule has 2 aromatic rings. The Hall–Kier alpha value is -2.21. The van der Waals surface area contributed by atoms with Crippen molar-refractivity contribution in [2.75, 3.05) is 11.4 Å². The molecule has 24 heavy (non-hydrogen) atoms. The molecule has 0 saturated heterocycles. The van der Waals surface area contributed by atoms with E-state index in [1.807, 2.05) is 24.3 Å². The highest BCUT2D eigenvalue weighted by atomic mass is 79.9. The third kappa shape index (κ3) is 5.45. The smallest absolute Gasteiger partial charge is 0.223 e. The molecule has 0 atom stereocenters. The average molecular weight is 393 g/mol. The van der Waals surface area contributed by atoms with Crippen molar-refractivity contribution in [3.05, 3.63) is 64.4 Å². The Kier molecular flexibility index (Phi) is 6.49. The number of rotatable bonds is 6. The van der Waals surface area contributed by atoms with Crippen LogP contribution in [0, 0.1) is 5.82 Å². The molecular weight excluding hydrogens is 375 g/mol. The lowest BCUT2D eigenvalue weighted by atomic mass is 10.2. The first-order chi connectivity index (χ1) is 11.5. The maximum absolute atomic E-state index is 12.8. The molecule has 4 nitrogen and oxygen atoms in total. The van der Waals surface area contributed by atoms with Crippen molar-refractivity contribution in [1.29, 1.82) is 0 Å². The first kappa shape index (κ1) is 18.1. The molecule has 0 aliphatic rings. The summed E-state index contributed by atoms with van der Waals surface area (Å²) in [7, 11) is 0. The molecule has 2 rings (SSSR count). The van der Waals surface area contributed by atoms with Gasteiger partial charge >= 0.3 is 0 Å². The van der Waals surface area contributed by atoms with Crippen LogP contribution in [0.1, 0.15) is 18.9 Å². The van der Waals surface area contributed by atoms with Gasteiger partial charge in [0.2, 0.25) is 11.8 Å². The van der Waals surface area contributed by atoms with Crippen molar-refractivity contribution >= 4 is 33.4 Å². The first-order valence-electron chi connectivity index (χ1n) is 7.50. The van der Waals surface area contributed by atoms with E-state index in [0.29, 0.717) is 13.1 Å². The standard InChI is InChI=1S/C18H18BrFN2O2/c1-13(23)22(17-4-2-3-15(19)11-17)10-9-18(24)21-12-14-5-7-16(20)8-6-14/h2-8,11H,9-10,12H2,1H3,(H,21,24). The molecule has 0 spiro atoms. The molecule has 0 bridgehead atoms. The highest BCUT2D eigenvalue weighted by molar-refractivity contribution is 9.10. The van der Waals surface area contributed by atoms with Gasteiger partial charge in [0, 0.05) is 36.6 Å². The van der Waals surface area contributed by atoms with Crippen LogP contribution in [0.4, 0.5) is 10.1 Å². The Labute approximate surface area is 148 Å². The second-order valence-electron chi connectivity index (χ2n) is 5.30. The maximum atomic E-state index is 12.8. The zero-order chi connectivity index (χ0) is 17.5. The van der Waals surface area contributed by atoms with Crippen LogP contribution >= 0.6 is 15.9 Å². The van der Waals surface area contributed by atoms with Gasteiger partial charge in [0.15, 0.2) is 0 Å². The van der Waals surface area contributed by atoms with Crippen LogP contribution in [0.15, 0.2) is 53.0 Å². The Morgan fingerprint density at radius 2 is 1.88 bits per heavy atom. The highest BCUT2D eigenvalue weighted by Crippen LogP contribution is 2.20. The fraction of sp³-hybridized carbons (Fsp3) is 0.222. The molecule has 0 heterocycles. The number of benzene rings is 2. The van der Waals surface area contributed by atoms with Crippen LogP contribution in [-0.4, -0.2) is 18.4 Å². The SMILES string of the molecule is CC(=O)N(CCC(=O)NCc1ccc(F)cc1)c1cccc(Br)c1. The van der Waals surface area contributed by atoms with E-state index in [-0.39, 0.29) is 24.1 Å². The van der Waals surface area contributed by atoms with E-state index in [0.717, 1.165) is 15.7 Å². The summed E-state index contributed by atoms with van der Waals surface area (Å²) >= 11 is 3.37. The van der Waals surface area contributed by atoms with E-state index in [1.165, 1.54) is 19.1 Å². The molecule has 0 radical (unpaired) electrons. The van der Waals surface area contributed by atoms with E-state index in [2.05, 4.69) is 21.2 Å². The largest absolute Gasteiger partial charge is 0.352 e. The van der Waals surface area contributed by atoms with Crippen LogP contribution in [0.3, 0.4) is 0 Å². The minimum Gasteiger partial charge on any atom is -0.352 e. The third-order valence-electron chi connectivity index (χ3n) is 3.47. The molecule has 0 aromatic heterocycles. The number of nitrogens with one attached hydrogen (secondary N) is 1. The average Bonchev–Trinajstić information content (AvgIpc) is 2.54. The lowest BCUT2D eigenvalue weighted by Gasteiger charge is -2.21. The summed E-state index contributed by atoms with van der Waals surface area (Å²) in [5.41, 5.74) is 1.56. The maximum Gasteiger partial charge on any atom is 0.223 e. The summed E-state index contributed by atoms with van der Waals surface area (Å²) in [5.74, 6) is -0.601. The molecule has 2 amide bonds. The monoisotopic (exact) mass is 392 g/mol. The van der Waals surface area contributed by atoms with Crippen molar-refractivity contribution in [2.45, 2.75) is 19.9 Å². The van der Waals surface area contributed by atoms with E-state index < -0.39 is 0 Å². The molecule has 2 aromatic carbocycles. The minimum atomic E-state index is -0.309. The van der Waals surface area contributed by atoms with Crippen LogP contribution in [-0.2, 0) is 16.1 Å². The molecule has 0 aliphatic heterocycles. The van der Waals surface area contributed by atoms with Gasteiger partial charge in [-0.1, -0.05) is 34.1 Å². The van der Waals surface area contributed by atoms with Gasteiger partial charge in [0.25, 0.3) is 0 Å². The summed E-state index contributed by atoms with van der Waals surface area (Å²) in [6, 6.07) is 13.3. The summed E-state index contributed by atoms with van der Waals surface area (Å²) in [5, 5.41) is 2.77. The topological polar surface area (TPSA) is 49.4 Å². The Morgan fingerprint density at radius 3 is 2.50 bits per heavy atom. The number of hydrogen-bond donors (Lipinski definition) is 1. The van der Waals surface area contributed by atoms with Gasteiger partial charge in [-0.15, -0.1) is 0 Å². The summed E-state index contributed by atoms with van der Waals surface area (Å²) < 4.78 is 13.7. The van der Waals surface area contributed by atoms with Gasteiger partial charge in [-0.25, -0.2) is 4.39 Å². The van der Waals surface area contributed by atoms with Crippen LogP contribution < -0.4 is 10.2 Å². The minimum absolute atomic E-state index is 0.126. The Bertz CT molecular complexity index is 719. The fourth-order valence-corrected chi connectivity index (χ4v) is 2.60. The van der Waals surface area contributed by atoms with Gasteiger partial charge in [0.1, 0.15) is 5.82 Å². The molecule has 0 saturated carbocycles. The van der Waals surface area contributed by atoms with Crippen molar-refractivity contribution in [2.24, 2.45) is 0 Å². The quantitative estimate of drug-likeness (QED) is 0.815. The summed E-state index contributed by atoms with van der Waals surface area (Å²) in [4.78, 5) is 25.4.